The van der Waals surface area contributed by atoms with E-state index in [1.807, 2.05) is 30.3 Å². The maximum Gasteiger partial charge on any atom is 0.337 e. The number of nitrogens with one attached hydrogen (secondary N) is 1. The number of nitrogens with zero attached hydrogens (tertiary/aromatic N) is 2. The van der Waals surface area contributed by atoms with E-state index in [0.717, 1.165) is 26.4 Å². The van der Waals surface area contributed by atoms with Crippen molar-refractivity contribution in [2.75, 3.05) is 18.2 Å². The highest BCUT2D eigenvalue weighted by molar-refractivity contribution is 8.00. The molecule has 0 aliphatic heterocycles. The Morgan fingerprint density at radius 1 is 1.10 bits per heavy atom. The minimum atomic E-state index is -0.449. The molecule has 0 spiro atoms. The second-order valence-corrected chi connectivity index (χ2v) is 8.11. The topological polar surface area (TPSA) is 81.2 Å². The van der Waals surface area contributed by atoms with Crippen molar-refractivity contribution in [3.8, 4) is 11.1 Å². The third-order valence-electron chi connectivity index (χ3n) is 4.33. The molecule has 8 heteroatoms. The number of methoxy groups -OCH3 is 1. The Balaban J connectivity index is 1.51. The number of anilines is 1. The Morgan fingerprint density at radius 2 is 1.93 bits per heavy atom. The van der Waals surface area contributed by atoms with Crippen LogP contribution in [0.4, 0.5) is 5.69 Å². The van der Waals surface area contributed by atoms with Gasteiger partial charge >= 0.3 is 5.97 Å². The summed E-state index contributed by atoms with van der Waals surface area (Å²) in [6.07, 6.45) is 1.52. The number of esters is 1. The van der Waals surface area contributed by atoms with Crippen LogP contribution in [0.5, 0.6) is 0 Å². The molecule has 0 atom stereocenters. The number of rotatable bonds is 6. The van der Waals surface area contributed by atoms with Crippen LogP contribution in [-0.4, -0.2) is 34.7 Å². The number of thioether (sulfide) groups is 1. The standard InChI is InChI=1S/C22H17N3O3S2/c1-28-22(27)15-8-5-9-16(10-15)25-18(26)12-30-21-19-17(14-6-3-2-4-7-14)11-29-20(19)23-13-24-21/h2-11,13H,12H2,1H3,(H,25,26). The van der Waals surface area contributed by atoms with E-state index in [9.17, 15) is 9.59 Å². The predicted octanol–water partition coefficient (Wildman–Crippen LogP) is 4.88. The number of carbonyl (C=O) groups is 2. The first kappa shape index (κ1) is 20.1. The van der Waals surface area contributed by atoms with Crippen molar-refractivity contribution in [1.29, 1.82) is 0 Å². The summed E-state index contributed by atoms with van der Waals surface area (Å²) in [4.78, 5) is 33.8. The third kappa shape index (κ3) is 4.34. The number of ether oxygens (including phenoxy) is 1. The van der Waals surface area contributed by atoms with Crippen LogP contribution >= 0.6 is 23.1 Å². The van der Waals surface area contributed by atoms with Gasteiger partial charge in [-0.25, -0.2) is 14.8 Å². The van der Waals surface area contributed by atoms with Gasteiger partial charge in [-0.2, -0.15) is 0 Å². The molecule has 0 aliphatic carbocycles. The molecule has 0 unspecified atom stereocenters. The number of fused-ring (bicyclic) bond motifs is 1. The summed E-state index contributed by atoms with van der Waals surface area (Å²) in [5, 5.41) is 6.60. The molecule has 150 valence electrons. The molecule has 4 aromatic rings. The Kier molecular flexibility index (Phi) is 6.06. The summed E-state index contributed by atoms with van der Waals surface area (Å²) in [6.45, 7) is 0. The van der Waals surface area contributed by atoms with Gasteiger partial charge in [-0.05, 0) is 23.8 Å². The zero-order chi connectivity index (χ0) is 20.9. The first-order chi connectivity index (χ1) is 14.7. The number of aromatic nitrogens is 2. The summed E-state index contributed by atoms with van der Waals surface area (Å²) >= 11 is 2.92. The molecule has 4 rings (SSSR count). The molecule has 0 saturated carbocycles. The average Bonchev–Trinajstić information content (AvgIpc) is 3.23. The van der Waals surface area contributed by atoms with Crippen molar-refractivity contribution in [2.45, 2.75) is 5.03 Å². The van der Waals surface area contributed by atoms with E-state index in [1.165, 1.54) is 25.2 Å². The zero-order valence-electron chi connectivity index (χ0n) is 16.0. The van der Waals surface area contributed by atoms with Gasteiger partial charge in [-0.15, -0.1) is 11.3 Å². The van der Waals surface area contributed by atoms with Crippen molar-refractivity contribution >= 4 is 50.9 Å². The minimum Gasteiger partial charge on any atom is -0.465 e. The number of hydrogen-bond donors (Lipinski definition) is 1. The summed E-state index contributed by atoms with van der Waals surface area (Å²) in [7, 11) is 1.32. The molecule has 0 fully saturated rings. The van der Waals surface area contributed by atoms with Crippen LogP contribution < -0.4 is 5.32 Å². The summed E-state index contributed by atoms with van der Waals surface area (Å²) in [5.41, 5.74) is 3.07. The lowest BCUT2D eigenvalue weighted by molar-refractivity contribution is -0.113. The van der Waals surface area contributed by atoms with E-state index in [2.05, 4.69) is 20.7 Å². The van der Waals surface area contributed by atoms with E-state index < -0.39 is 5.97 Å². The first-order valence-electron chi connectivity index (χ1n) is 9.04. The second kappa shape index (κ2) is 9.06. The Bertz CT molecular complexity index is 1210. The molecule has 1 amide bonds. The first-order valence-corrected chi connectivity index (χ1v) is 10.9. The summed E-state index contributed by atoms with van der Waals surface area (Å²) in [5.74, 6) is -0.460. The lowest BCUT2D eigenvalue weighted by Gasteiger charge is -2.08. The molecule has 2 aromatic carbocycles. The molecule has 1 N–H and O–H groups in total. The Hall–Kier alpha value is -3.23. The van der Waals surface area contributed by atoms with Gasteiger partial charge in [-0.1, -0.05) is 48.2 Å². The van der Waals surface area contributed by atoms with Crippen LogP contribution in [0.25, 0.3) is 21.3 Å². The second-order valence-electron chi connectivity index (χ2n) is 6.28. The maximum absolute atomic E-state index is 12.5. The number of amides is 1. The normalized spacial score (nSPS) is 10.7. The molecule has 0 aliphatic rings. The van der Waals surface area contributed by atoms with E-state index >= 15 is 0 Å². The average molecular weight is 436 g/mol. The quantitative estimate of drug-likeness (QED) is 0.264. The fourth-order valence-electron chi connectivity index (χ4n) is 2.96. The summed E-state index contributed by atoms with van der Waals surface area (Å²) in [6, 6.07) is 16.7. The number of thiophene rings is 1. The molecule has 0 radical (unpaired) electrons. The van der Waals surface area contributed by atoms with Crippen molar-refractivity contribution in [1.82, 2.24) is 9.97 Å². The lowest BCUT2D eigenvalue weighted by Crippen LogP contribution is -2.14. The third-order valence-corrected chi connectivity index (χ3v) is 6.20. The van der Waals surface area contributed by atoms with Gasteiger partial charge < -0.3 is 10.1 Å². The van der Waals surface area contributed by atoms with Gasteiger partial charge in [0.1, 0.15) is 16.2 Å². The predicted molar refractivity (Wildman–Crippen MR) is 120 cm³/mol. The fourth-order valence-corrected chi connectivity index (χ4v) is 4.75. The van der Waals surface area contributed by atoms with E-state index in [1.54, 1.807) is 35.6 Å². The monoisotopic (exact) mass is 435 g/mol. The van der Waals surface area contributed by atoms with Gasteiger partial charge in [0, 0.05) is 16.6 Å². The van der Waals surface area contributed by atoms with Crippen molar-refractivity contribution < 1.29 is 14.3 Å². The van der Waals surface area contributed by atoms with E-state index in [4.69, 9.17) is 4.74 Å². The van der Waals surface area contributed by atoms with Gasteiger partial charge in [-0.3, -0.25) is 4.79 Å². The molecular weight excluding hydrogens is 418 g/mol. The SMILES string of the molecule is COC(=O)c1cccc(NC(=O)CSc2ncnc3scc(-c4ccccc4)c23)c1. The van der Waals surface area contributed by atoms with Crippen molar-refractivity contribution in [2.24, 2.45) is 0 Å². The molecule has 0 saturated heterocycles. The smallest absolute Gasteiger partial charge is 0.337 e. The highest BCUT2D eigenvalue weighted by atomic mass is 32.2. The van der Waals surface area contributed by atoms with Crippen LogP contribution in [0.3, 0.4) is 0 Å². The van der Waals surface area contributed by atoms with E-state index in [-0.39, 0.29) is 11.7 Å². The Labute approximate surface area is 181 Å². The van der Waals surface area contributed by atoms with Crippen LogP contribution in [0.15, 0.2) is 71.3 Å². The van der Waals surface area contributed by atoms with Gasteiger partial charge in [0.05, 0.1) is 23.8 Å². The maximum atomic E-state index is 12.5. The molecule has 6 nitrogen and oxygen atoms in total. The minimum absolute atomic E-state index is 0.179. The zero-order valence-corrected chi connectivity index (χ0v) is 17.6. The van der Waals surface area contributed by atoms with Crippen LogP contribution in [-0.2, 0) is 9.53 Å². The van der Waals surface area contributed by atoms with E-state index in [0.29, 0.717) is 11.3 Å². The van der Waals surface area contributed by atoms with Crippen LogP contribution in [0.2, 0.25) is 0 Å². The van der Waals surface area contributed by atoms with Gasteiger partial charge in [0.2, 0.25) is 5.91 Å². The van der Waals surface area contributed by atoms with Crippen LogP contribution in [0.1, 0.15) is 10.4 Å². The van der Waals surface area contributed by atoms with Crippen LogP contribution in [0, 0.1) is 0 Å². The van der Waals surface area contributed by atoms with Gasteiger partial charge in [0.15, 0.2) is 0 Å². The fraction of sp³-hybridized carbons (Fsp3) is 0.0909. The molecule has 2 heterocycles. The highest BCUT2D eigenvalue weighted by Crippen LogP contribution is 2.37. The molecule has 0 bridgehead atoms. The largest absolute Gasteiger partial charge is 0.465 e. The van der Waals surface area contributed by atoms with Crippen molar-refractivity contribution in [3.05, 3.63) is 71.9 Å². The molecule has 30 heavy (non-hydrogen) atoms. The number of hydrogen-bond acceptors (Lipinski definition) is 7. The number of carbonyl (C=O) groups excluding carboxylic acids is 2. The van der Waals surface area contributed by atoms with Gasteiger partial charge in [0.25, 0.3) is 0 Å². The Morgan fingerprint density at radius 3 is 2.73 bits per heavy atom. The lowest BCUT2D eigenvalue weighted by atomic mass is 10.1. The molecule has 2 aromatic heterocycles. The van der Waals surface area contributed by atoms with Crippen molar-refractivity contribution in [3.63, 3.8) is 0 Å². The highest BCUT2D eigenvalue weighted by Gasteiger charge is 2.15. The number of benzene rings is 2. The summed E-state index contributed by atoms with van der Waals surface area (Å²) < 4.78 is 4.71. The molecular formula is C22H17N3O3S2.